The smallest absolute Gasteiger partial charge is 0.286 e. The highest BCUT2D eigenvalue weighted by Gasteiger charge is 2.66. The Bertz CT molecular complexity index is 746. The molecule has 5 rings (SSSR count). The van der Waals surface area contributed by atoms with E-state index in [0.717, 1.165) is 32.1 Å². The Kier molecular flexibility index (Phi) is 4.32. The lowest BCUT2D eigenvalue weighted by Crippen LogP contribution is -2.64. The van der Waals surface area contributed by atoms with Crippen LogP contribution in [0.1, 0.15) is 72.6 Å². The molecule has 0 aromatic heterocycles. The Balaban J connectivity index is 1.81. The number of rotatable bonds is 3. The number of hydrogen-bond donors (Lipinski definition) is 0. The number of isocyanates is 1. The van der Waals surface area contributed by atoms with E-state index in [4.69, 9.17) is 4.74 Å². The van der Waals surface area contributed by atoms with E-state index < -0.39 is 0 Å². The molecule has 27 heavy (non-hydrogen) atoms. The van der Waals surface area contributed by atoms with Crippen LogP contribution in [0, 0.1) is 46.0 Å². The van der Waals surface area contributed by atoms with Crippen LogP contribution >= 0.6 is 0 Å². The van der Waals surface area contributed by atoms with Crippen molar-refractivity contribution in [2.45, 2.75) is 84.3 Å². The van der Waals surface area contributed by atoms with Gasteiger partial charge in [-0.1, -0.05) is 38.8 Å². The van der Waals surface area contributed by atoms with Crippen molar-refractivity contribution >= 4 is 6.08 Å². The Morgan fingerprint density at radius 1 is 1.22 bits per heavy atom. The molecule has 4 heteroatoms. The number of allylic oxidation sites excluding steroid dienone is 1. The standard InChI is InChI=1S/C23H32N2O2/c1-15(2)17-12-23-9-6-18-21(3,7-5-8-22(18,4)25-14-26)19(23)10-16(17)11-20(23)27-13-24/h12,15-16,18-20H,5-11H2,1-4H3. The van der Waals surface area contributed by atoms with Crippen molar-refractivity contribution in [2.24, 2.45) is 39.5 Å². The van der Waals surface area contributed by atoms with Gasteiger partial charge in [-0.05, 0) is 74.5 Å². The van der Waals surface area contributed by atoms with Gasteiger partial charge in [-0.15, -0.1) is 0 Å². The molecule has 3 saturated carbocycles. The van der Waals surface area contributed by atoms with Crippen molar-refractivity contribution in [3.8, 4) is 6.26 Å². The number of nitriles is 1. The second-order valence-corrected chi connectivity index (χ2v) is 10.3. The molecule has 4 nitrogen and oxygen atoms in total. The molecular formula is C23H32N2O2. The van der Waals surface area contributed by atoms with E-state index in [1.807, 2.05) is 12.3 Å². The minimum Gasteiger partial charge on any atom is -0.423 e. The first kappa shape index (κ1) is 18.8. The van der Waals surface area contributed by atoms with Crippen molar-refractivity contribution < 1.29 is 9.53 Å². The highest BCUT2D eigenvalue weighted by Crippen LogP contribution is 2.70. The summed E-state index contributed by atoms with van der Waals surface area (Å²) in [5, 5.41) is 9.31. The monoisotopic (exact) mass is 368 g/mol. The van der Waals surface area contributed by atoms with Crippen LogP contribution in [-0.2, 0) is 9.53 Å². The molecule has 0 amide bonds. The van der Waals surface area contributed by atoms with Crippen LogP contribution in [0.15, 0.2) is 16.6 Å². The Morgan fingerprint density at radius 3 is 2.67 bits per heavy atom. The van der Waals surface area contributed by atoms with Gasteiger partial charge in [0.25, 0.3) is 6.26 Å². The van der Waals surface area contributed by atoms with E-state index in [-0.39, 0.29) is 22.5 Å². The van der Waals surface area contributed by atoms with E-state index >= 15 is 0 Å². The Hall–Kier alpha value is -1.59. The van der Waals surface area contributed by atoms with E-state index in [2.05, 4.69) is 38.8 Å². The van der Waals surface area contributed by atoms with E-state index in [9.17, 15) is 10.1 Å². The molecule has 0 aromatic rings. The van der Waals surface area contributed by atoms with Gasteiger partial charge < -0.3 is 4.74 Å². The summed E-state index contributed by atoms with van der Waals surface area (Å²) in [5.74, 6) is 1.99. The summed E-state index contributed by atoms with van der Waals surface area (Å²) in [7, 11) is 0. The Labute approximate surface area is 163 Å². The second kappa shape index (κ2) is 6.21. The van der Waals surface area contributed by atoms with Gasteiger partial charge in [-0.3, -0.25) is 0 Å². The molecule has 5 aliphatic rings. The lowest BCUT2D eigenvalue weighted by molar-refractivity contribution is -0.171. The predicted molar refractivity (Wildman–Crippen MR) is 103 cm³/mol. The molecule has 0 radical (unpaired) electrons. The maximum atomic E-state index is 11.2. The molecule has 0 aliphatic heterocycles. The van der Waals surface area contributed by atoms with Gasteiger partial charge in [0.2, 0.25) is 6.08 Å². The maximum absolute atomic E-state index is 11.2. The van der Waals surface area contributed by atoms with Gasteiger partial charge >= 0.3 is 0 Å². The first-order chi connectivity index (χ1) is 12.8. The number of carbonyl (C=O) groups excluding carboxylic acids is 1. The quantitative estimate of drug-likeness (QED) is 0.299. The zero-order chi connectivity index (χ0) is 19.4. The fourth-order valence-electron chi connectivity index (χ4n) is 7.92. The lowest BCUT2D eigenvalue weighted by Gasteiger charge is -2.67. The minimum absolute atomic E-state index is 0.00859. The number of aliphatic imine (C=N–C) groups is 1. The summed E-state index contributed by atoms with van der Waals surface area (Å²) in [6.07, 6.45) is 14.0. The highest BCUT2D eigenvalue weighted by molar-refractivity contribution is 5.36. The average molecular weight is 369 g/mol. The SMILES string of the molecule is CC(C)C1=CC23CCC4C(C)(N=C=O)CCCC4(C)C2CC1CC3OC#N. The lowest BCUT2D eigenvalue weighted by atomic mass is 9.38. The van der Waals surface area contributed by atoms with Crippen molar-refractivity contribution in [1.82, 2.24) is 0 Å². The van der Waals surface area contributed by atoms with Crippen LogP contribution in [0.3, 0.4) is 0 Å². The van der Waals surface area contributed by atoms with Gasteiger partial charge in [0, 0.05) is 5.41 Å². The van der Waals surface area contributed by atoms with Gasteiger partial charge in [-0.2, -0.15) is 10.3 Å². The third-order valence-electron chi connectivity index (χ3n) is 8.94. The van der Waals surface area contributed by atoms with Gasteiger partial charge in [-0.25, -0.2) is 4.79 Å². The fraction of sp³-hybridized carbons (Fsp3) is 0.826. The summed E-state index contributed by atoms with van der Waals surface area (Å²) < 4.78 is 5.70. The first-order valence-electron chi connectivity index (χ1n) is 10.7. The van der Waals surface area contributed by atoms with Crippen LogP contribution in [0.2, 0.25) is 0 Å². The van der Waals surface area contributed by atoms with E-state index in [1.165, 1.54) is 12.8 Å². The molecule has 146 valence electrons. The fourth-order valence-corrected chi connectivity index (χ4v) is 7.92. The third-order valence-corrected chi connectivity index (χ3v) is 8.94. The summed E-state index contributed by atoms with van der Waals surface area (Å²) in [4.78, 5) is 15.5. The van der Waals surface area contributed by atoms with Crippen molar-refractivity contribution in [3.63, 3.8) is 0 Å². The molecule has 0 aromatic carbocycles. The summed E-state index contributed by atoms with van der Waals surface area (Å²) in [6, 6.07) is 0. The van der Waals surface area contributed by atoms with Gasteiger partial charge in [0.15, 0.2) is 0 Å². The molecule has 0 N–H and O–H groups in total. The van der Waals surface area contributed by atoms with Crippen molar-refractivity contribution in [2.75, 3.05) is 0 Å². The molecule has 7 atom stereocenters. The zero-order valence-electron chi connectivity index (χ0n) is 17.1. The highest BCUT2D eigenvalue weighted by atomic mass is 16.5. The molecule has 1 spiro atoms. The summed E-state index contributed by atoms with van der Waals surface area (Å²) >= 11 is 0. The molecule has 3 fully saturated rings. The van der Waals surface area contributed by atoms with Crippen LogP contribution in [0.5, 0.6) is 0 Å². The topological polar surface area (TPSA) is 62.4 Å². The number of nitrogens with zero attached hydrogens (tertiary/aromatic N) is 2. The first-order valence-corrected chi connectivity index (χ1v) is 10.7. The van der Waals surface area contributed by atoms with Gasteiger partial charge in [0.05, 0.1) is 5.54 Å². The van der Waals surface area contributed by atoms with Crippen LogP contribution in [0.25, 0.3) is 0 Å². The number of fused-ring (bicyclic) bond motifs is 2. The largest absolute Gasteiger partial charge is 0.423 e. The zero-order valence-corrected chi connectivity index (χ0v) is 17.1. The Morgan fingerprint density at radius 2 is 2.00 bits per heavy atom. The van der Waals surface area contributed by atoms with Crippen LogP contribution < -0.4 is 0 Å². The molecule has 0 saturated heterocycles. The van der Waals surface area contributed by atoms with Crippen molar-refractivity contribution in [3.05, 3.63) is 11.6 Å². The molecule has 0 heterocycles. The minimum atomic E-state index is -0.288. The van der Waals surface area contributed by atoms with Crippen LogP contribution in [-0.4, -0.2) is 17.7 Å². The summed E-state index contributed by atoms with van der Waals surface area (Å²) in [6.45, 7) is 9.19. The van der Waals surface area contributed by atoms with Crippen LogP contribution in [0.4, 0.5) is 0 Å². The maximum Gasteiger partial charge on any atom is 0.286 e. The molecule has 7 unspecified atom stereocenters. The number of hydrogen-bond acceptors (Lipinski definition) is 4. The number of ether oxygens (including phenoxy) is 1. The molecular weight excluding hydrogens is 336 g/mol. The van der Waals surface area contributed by atoms with Gasteiger partial charge in [0.1, 0.15) is 6.10 Å². The summed E-state index contributed by atoms with van der Waals surface area (Å²) in [5.41, 5.74) is 1.40. The molecule has 5 aliphatic carbocycles. The second-order valence-electron chi connectivity index (χ2n) is 10.3. The van der Waals surface area contributed by atoms with E-state index in [0.29, 0.717) is 23.7 Å². The van der Waals surface area contributed by atoms with E-state index in [1.54, 1.807) is 5.57 Å². The molecule has 2 bridgehead atoms. The normalized spacial score (nSPS) is 47.9. The third kappa shape index (κ3) is 2.47. The average Bonchev–Trinajstić information content (AvgIpc) is 2.61. The van der Waals surface area contributed by atoms with Crippen molar-refractivity contribution in [1.29, 1.82) is 5.26 Å². The predicted octanol–water partition coefficient (Wildman–Crippen LogP) is 5.16.